The first-order valence-electron chi connectivity index (χ1n) is 15.1. The van der Waals surface area contributed by atoms with Gasteiger partial charge in [0.05, 0.1) is 0 Å². The van der Waals surface area contributed by atoms with E-state index >= 15 is 0 Å². The molecule has 0 spiro atoms. The van der Waals surface area contributed by atoms with Crippen molar-refractivity contribution in [3.8, 4) is 0 Å². The summed E-state index contributed by atoms with van der Waals surface area (Å²) < 4.78 is 0. The Labute approximate surface area is 235 Å². The number of unbranched alkanes of at least 4 members (excludes halogenated alkanes) is 7. The minimum Gasteiger partial charge on any atom is -0.356 e. The largest absolute Gasteiger partial charge is 0.356 e. The summed E-state index contributed by atoms with van der Waals surface area (Å²) >= 11 is 0. The molecule has 0 aromatic carbocycles. The smallest absolute Gasteiger partial charge is 0.242 e. The van der Waals surface area contributed by atoms with E-state index in [1.54, 1.807) is 6.92 Å². The lowest BCUT2D eigenvalue weighted by molar-refractivity contribution is -0.129. The van der Waals surface area contributed by atoms with Gasteiger partial charge >= 0.3 is 0 Å². The van der Waals surface area contributed by atoms with Crippen LogP contribution in [0, 0.1) is 0 Å². The monoisotopic (exact) mass is 553 g/mol. The molecule has 10 heteroatoms. The van der Waals surface area contributed by atoms with Crippen LogP contribution in [-0.2, 0) is 24.0 Å². The molecule has 1 unspecified atom stereocenters. The molecule has 10 nitrogen and oxygen atoms in total. The molecule has 0 aliphatic heterocycles. The molecule has 0 saturated carbocycles. The number of amides is 4. The van der Waals surface area contributed by atoms with E-state index in [2.05, 4.69) is 28.2 Å². The highest BCUT2D eigenvalue weighted by molar-refractivity contribution is 5.87. The van der Waals surface area contributed by atoms with Gasteiger partial charge in [0.1, 0.15) is 11.8 Å². The minimum atomic E-state index is -0.590. The molecule has 39 heavy (non-hydrogen) atoms. The second kappa shape index (κ2) is 25.8. The molecule has 0 aromatic rings. The zero-order chi connectivity index (χ0) is 29.1. The third-order valence-corrected chi connectivity index (χ3v) is 6.42. The first kappa shape index (κ1) is 36.5. The van der Waals surface area contributed by atoms with Gasteiger partial charge in [-0.05, 0) is 71.3 Å². The second-order valence-corrected chi connectivity index (χ2v) is 10.3. The topological polar surface area (TPSA) is 159 Å². The molecule has 4 amide bonds. The summed E-state index contributed by atoms with van der Waals surface area (Å²) in [4.78, 5) is 59.7. The maximum absolute atomic E-state index is 12.8. The lowest BCUT2D eigenvalue weighted by Crippen LogP contribution is -2.47. The van der Waals surface area contributed by atoms with Gasteiger partial charge in [-0.15, -0.1) is 0 Å². The fourth-order valence-corrected chi connectivity index (χ4v) is 4.04. The van der Waals surface area contributed by atoms with E-state index in [0.29, 0.717) is 71.1 Å². The van der Waals surface area contributed by atoms with Crippen molar-refractivity contribution in [2.75, 3.05) is 26.2 Å². The Morgan fingerprint density at radius 2 is 1.10 bits per heavy atom. The highest BCUT2D eigenvalue weighted by atomic mass is 16.2. The van der Waals surface area contributed by atoms with E-state index in [0.717, 1.165) is 64.2 Å². The average Bonchev–Trinajstić information content (AvgIpc) is 2.90. The van der Waals surface area contributed by atoms with E-state index in [4.69, 9.17) is 5.73 Å². The van der Waals surface area contributed by atoms with E-state index in [1.807, 2.05) is 0 Å². The summed E-state index contributed by atoms with van der Waals surface area (Å²) in [5, 5.41) is 11.6. The zero-order valence-corrected chi connectivity index (χ0v) is 24.5. The highest BCUT2D eigenvalue weighted by Crippen LogP contribution is 2.06. The maximum atomic E-state index is 12.8. The Hall–Kier alpha value is -2.49. The fraction of sp³-hybridized carbons (Fsp3) is 0.828. The molecule has 226 valence electrons. The third kappa shape index (κ3) is 24.3. The van der Waals surface area contributed by atoms with Crippen LogP contribution in [0.1, 0.15) is 123 Å². The highest BCUT2D eigenvalue weighted by Gasteiger charge is 2.20. The molecule has 0 aliphatic carbocycles. The molecule has 0 saturated heterocycles. The third-order valence-electron chi connectivity index (χ3n) is 6.42. The van der Waals surface area contributed by atoms with Crippen LogP contribution in [0.15, 0.2) is 0 Å². The Morgan fingerprint density at radius 1 is 0.590 bits per heavy atom. The second-order valence-electron chi connectivity index (χ2n) is 10.3. The summed E-state index contributed by atoms with van der Waals surface area (Å²) in [6, 6.07) is -0.590. The standard InChI is InChI=1S/C29H55N5O5/c1-3-4-7-18-28(38)34-25(16-10-13-22-32-27(37)19-14-20-30)29(39)33-23-12-6-9-17-26(36)31-21-11-5-8-15-24(2)35/h25H,3-23,30H2,1-2H3,(H,31,36)(H,32,37)(H,33,39)(H,34,38). The van der Waals surface area contributed by atoms with Crippen LogP contribution in [0.3, 0.4) is 0 Å². The summed E-state index contributed by atoms with van der Waals surface area (Å²) in [5.41, 5.74) is 5.42. The van der Waals surface area contributed by atoms with Crippen molar-refractivity contribution in [3.05, 3.63) is 0 Å². The van der Waals surface area contributed by atoms with E-state index in [1.165, 1.54) is 0 Å². The van der Waals surface area contributed by atoms with Crippen molar-refractivity contribution in [1.29, 1.82) is 0 Å². The van der Waals surface area contributed by atoms with Crippen molar-refractivity contribution in [3.63, 3.8) is 0 Å². The first-order chi connectivity index (χ1) is 18.8. The van der Waals surface area contributed by atoms with Crippen LogP contribution in [0.4, 0.5) is 0 Å². The van der Waals surface area contributed by atoms with E-state index in [-0.39, 0.29) is 29.4 Å². The van der Waals surface area contributed by atoms with E-state index < -0.39 is 6.04 Å². The molecular weight excluding hydrogens is 498 g/mol. The van der Waals surface area contributed by atoms with Crippen LogP contribution >= 0.6 is 0 Å². The van der Waals surface area contributed by atoms with Crippen LogP contribution in [0.2, 0.25) is 0 Å². The van der Waals surface area contributed by atoms with Gasteiger partial charge in [0.15, 0.2) is 0 Å². The number of rotatable bonds is 26. The lowest BCUT2D eigenvalue weighted by Gasteiger charge is -2.19. The molecular formula is C29H55N5O5. The van der Waals surface area contributed by atoms with Gasteiger partial charge in [0, 0.05) is 45.3 Å². The summed E-state index contributed by atoms with van der Waals surface area (Å²) in [7, 11) is 0. The van der Waals surface area contributed by atoms with Crippen LogP contribution in [0.5, 0.6) is 0 Å². The molecule has 1 atom stereocenters. The van der Waals surface area contributed by atoms with Crippen molar-refractivity contribution >= 4 is 29.4 Å². The van der Waals surface area contributed by atoms with Gasteiger partial charge in [-0.25, -0.2) is 0 Å². The number of hydrogen-bond acceptors (Lipinski definition) is 6. The van der Waals surface area contributed by atoms with Gasteiger partial charge in [0.2, 0.25) is 23.6 Å². The predicted molar refractivity (Wildman–Crippen MR) is 155 cm³/mol. The summed E-state index contributed by atoms with van der Waals surface area (Å²) in [5.74, 6) is -0.0731. The lowest BCUT2D eigenvalue weighted by atomic mass is 10.1. The fourth-order valence-electron chi connectivity index (χ4n) is 4.04. The van der Waals surface area contributed by atoms with Crippen LogP contribution < -0.4 is 27.0 Å². The molecule has 0 aliphatic rings. The average molecular weight is 554 g/mol. The Balaban J connectivity index is 4.21. The summed E-state index contributed by atoms with van der Waals surface area (Å²) in [6.45, 7) is 5.83. The van der Waals surface area contributed by atoms with Crippen molar-refractivity contribution in [1.82, 2.24) is 21.3 Å². The Kier molecular flexibility index (Phi) is 24.1. The molecule has 0 radical (unpaired) electrons. The Morgan fingerprint density at radius 3 is 1.69 bits per heavy atom. The molecule has 0 fully saturated rings. The molecule has 0 aromatic heterocycles. The number of carbonyl (C=O) groups excluding carboxylic acids is 5. The van der Waals surface area contributed by atoms with Gasteiger partial charge < -0.3 is 31.8 Å². The number of nitrogens with one attached hydrogen (secondary N) is 4. The molecule has 0 bridgehead atoms. The van der Waals surface area contributed by atoms with E-state index in [9.17, 15) is 24.0 Å². The molecule has 0 heterocycles. The molecule has 0 rings (SSSR count). The minimum absolute atomic E-state index is 0.0161. The van der Waals surface area contributed by atoms with Gasteiger partial charge in [-0.2, -0.15) is 0 Å². The quantitative estimate of drug-likeness (QED) is 0.104. The number of Topliss-reactive ketones (excluding diaryl/α,β-unsaturated/α-hetero) is 1. The zero-order valence-electron chi connectivity index (χ0n) is 24.5. The van der Waals surface area contributed by atoms with Crippen LogP contribution in [-0.4, -0.2) is 61.6 Å². The number of nitrogens with two attached hydrogens (primary N) is 1. The normalized spacial score (nSPS) is 11.5. The summed E-state index contributed by atoms with van der Waals surface area (Å²) in [6.07, 6.45) is 12.3. The predicted octanol–water partition coefficient (Wildman–Crippen LogP) is 3.02. The maximum Gasteiger partial charge on any atom is 0.242 e. The SMILES string of the molecule is CCCCCC(=O)NC(CCCCNC(=O)CCCN)C(=O)NCCCCCC(=O)NCCCCCC(C)=O. The van der Waals surface area contributed by atoms with Crippen molar-refractivity contribution < 1.29 is 24.0 Å². The Bertz CT molecular complexity index is 702. The molecule has 6 N–H and O–H groups in total. The van der Waals surface area contributed by atoms with Crippen LogP contribution in [0.25, 0.3) is 0 Å². The van der Waals surface area contributed by atoms with Crippen molar-refractivity contribution in [2.24, 2.45) is 5.73 Å². The number of hydrogen-bond donors (Lipinski definition) is 5. The van der Waals surface area contributed by atoms with Crippen molar-refractivity contribution in [2.45, 2.75) is 129 Å². The van der Waals surface area contributed by atoms with Gasteiger partial charge in [-0.3, -0.25) is 19.2 Å². The first-order valence-corrected chi connectivity index (χ1v) is 15.1. The number of carbonyl (C=O) groups is 5. The number of ketones is 1. The van der Waals surface area contributed by atoms with Gasteiger partial charge in [-0.1, -0.05) is 32.6 Å². The van der Waals surface area contributed by atoms with Gasteiger partial charge in [0.25, 0.3) is 0 Å².